The van der Waals surface area contributed by atoms with E-state index in [1.54, 1.807) is 19.9 Å². The highest BCUT2D eigenvalue weighted by Gasteiger charge is 2.17. The number of aromatic hydroxyl groups is 3. The van der Waals surface area contributed by atoms with E-state index in [4.69, 9.17) is 4.42 Å². The average molecular weight is 299 g/mol. The maximum absolute atomic E-state index is 10.3. The Kier molecular flexibility index (Phi) is 3.06. The molecule has 1 aromatic heterocycles. The number of benzene rings is 1. The van der Waals surface area contributed by atoms with Gasteiger partial charge in [0.2, 0.25) is 0 Å². The number of aryl methyl sites for hydroxylation is 2. The lowest BCUT2D eigenvalue weighted by Gasteiger charge is -2.01. The first-order valence-corrected chi connectivity index (χ1v) is 6.70. The zero-order chi connectivity index (χ0) is 16.0. The predicted octanol–water partition coefficient (Wildman–Crippen LogP) is 2.84. The van der Waals surface area contributed by atoms with Gasteiger partial charge in [0.1, 0.15) is 22.7 Å². The minimum atomic E-state index is -0.274. The fourth-order valence-electron chi connectivity index (χ4n) is 2.65. The highest BCUT2D eigenvalue weighted by Crippen LogP contribution is 2.34. The van der Waals surface area contributed by atoms with E-state index < -0.39 is 0 Å². The van der Waals surface area contributed by atoms with Crippen molar-refractivity contribution in [3.63, 3.8) is 0 Å². The van der Waals surface area contributed by atoms with E-state index >= 15 is 0 Å². The van der Waals surface area contributed by atoms with E-state index in [1.165, 1.54) is 24.3 Å². The fourth-order valence-corrected chi connectivity index (χ4v) is 2.65. The highest BCUT2D eigenvalue weighted by atomic mass is 16.3. The van der Waals surface area contributed by atoms with Gasteiger partial charge in [0, 0.05) is 0 Å². The predicted molar refractivity (Wildman–Crippen MR) is 81.2 cm³/mol. The molecule has 3 rings (SSSR count). The number of phenolic OH excluding ortho intramolecular Hbond substituents is 2. The van der Waals surface area contributed by atoms with Crippen LogP contribution in [0.4, 0.5) is 0 Å². The third-order valence-corrected chi connectivity index (χ3v) is 3.67. The Labute approximate surface area is 125 Å². The van der Waals surface area contributed by atoms with Crippen LogP contribution in [0.1, 0.15) is 11.5 Å². The van der Waals surface area contributed by atoms with Gasteiger partial charge in [-0.2, -0.15) is 0 Å². The van der Waals surface area contributed by atoms with Gasteiger partial charge in [0.15, 0.2) is 11.5 Å². The molecule has 0 fully saturated rings. The molecule has 0 saturated heterocycles. The molecule has 0 spiro atoms. The van der Waals surface area contributed by atoms with Gasteiger partial charge in [-0.25, -0.2) is 0 Å². The Bertz CT molecular complexity index is 953. The van der Waals surface area contributed by atoms with Gasteiger partial charge in [0.25, 0.3) is 0 Å². The summed E-state index contributed by atoms with van der Waals surface area (Å²) in [6.07, 6.45) is 0. The number of furan rings is 1. The quantitative estimate of drug-likeness (QED) is 0.475. The molecule has 112 valence electrons. The number of phenols is 2. The third kappa shape index (κ3) is 2.07. The summed E-state index contributed by atoms with van der Waals surface area (Å²) in [6.45, 7) is 3.42. The molecule has 0 atom stereocenters. The summed E-state index contributed by atoms with van der Waals surface area (Å²) in [5, 5.41) is 30.2. The standard InChI is InChI=1S/C17H14O5/c1-8-16-14(20)6-11(7-15(21)17(16)9(2)22-8)10-3-4-12(18)13(19)5-10/h3-7,18-20H,1-2H3/p+1. The van der Waals surface area contributed by atoms with Crippen molar-refractivity contribution in [3.8, 4) is 28.4 Å². The third-order valence-electron chi connectivity index (χ3n) is 3.67. The Morgan fingerprint density at radius 2 is 1.41 bits per heavy atom. The molecular weight excluding hydrogens is 284 g/mol. The van der Waals surface area contributed by atoms with Crippen molar-refractivity contribution in [2.45, 2.75) is 13.8 Å². The maximum Gasteiger partial charge on any atom is 0.352 e. The van der Waals surface area contributed by atoms with Crippen LogP contribution < -0.4 is 5.43 Å². The van der Waals surface area contributed by atoms with Crippen LogP contribution in [-0.2, 0) is 0 Å². The van der Waals surface area contributed by atoms with Gasteiger partial charge in [-0.15, -0.1) is 0 Å². The molecule has 4 N–H and O–H groups in total. The van der Waals surface area contributed by atoms with Crippen LogP contribution in [0, 0.1) is 13.8 Å². The normalized spacial score (nSPS) is 11.0. The van der Waals surface area contributed by atoms with Crippen molar-refractivity contribution in [1.82, 2.24) is 0 Å². The molecule has 1 heterocycles. The molecule has 0 aliphatic carbocycles. The summed E-state index contributed by atoms with van der Waals surface area (Å²) in [5.41, 5.74) is 1.01. The van der Waals surface area contributed by atoms with E-state index in [-0.39, 0.29) is 22.7 Å². The first kappa shape index (κ1) is 14.0. The van der Waals surface area contributed by atoms with Crippen LogP contribution in [0.15, 0.2) is 34.7 Å². The van der Waals surface area contributed by atoms with Crippen molar-refractivity contribution in [1.29, 1.82) is 0 Å². The summed E-state index contributed by atoms with van der Waals surface area (Å²) >= 11 is 0. The lowest BCUT2D eigenvalue weighted by molar-refractivity contribution is 0.404. The van der Waals surface area contributed by atoms with E-state index in [0.717, 1.165) is 0 Å². The van der Waals surface area contributed by atoms with Crippen molar-refractivity contribution in [3.05, 3.63) is 47.3 Å². The van der Waals surface area contributed by atoms with Gasteiger partial charge in [-0.05, 0) is 43.2 Å². The molecule has 3 aromatic rings. The van der Waals surface area contributed by atoms with Crippen molar-refractivity contribution >= 4 is 10.8 Å². The van der Waals surface area contributed by atoms with Gasteiger partial charge in [-0.3, -0.25) is 4.79 Å². The van der Waals surface area contributed by atoms with Crippen LogP contribution in [0.5, 0.6) is 17.2 Å². The van der Waals surface area contributed by atoms with Crippen molar-refractivity contribution < 1.29 is 24.5 Å². The molecule has 0 saturated carbocycles. The molecule has 0 bridgehead atoms. The van der Waals surface area contributed by atoms with Crippen LogP contribution in [0.25, 0.3) is 21.9 Å². The van der Waals surface area contributed by atoms with Crippen LogP contribution in [0.2, 0.25) is 0 Å². The van der Waals surface area contributed by atoms with Crippen LogP contribution in [-0.4, -0.2) is 20.1 Å². The summed E-state index contributed by atoms with van der Waals surface area (Å²) in [6, 6.07) is 7.25. The largest absolute Gasteiger partial charge is 0.507 e. The minimum Gasteiger partial charge on any atom is -0.507 e. The molecule has 0 radical (unpaired) electrons. The topological polar surface area (TPSA) is 95.2 Å². The van der Waals surface area contributed by atoms with Gasteiger partial charge in [0.05, 0.1) is 11.5 Å². The van der Waals surface area contributed by atoms with Gasteiger partial charge in [-0.1, -0.05) is 6.07 Å². The zero-order valence-electron chi connectivity index (χ0n) is 12.1. The van der Waals surface area contributed by atoms with Crippen molar-refractivity contribution in [2.75, 3.05) is 0 Å². The Hall–Kier alpha value is -2.95. The summed E-state index contributed by atoms with van der Waals surface area (Å²) in [5.74, 6) is 0.477. The zero-order valence-corrected chi connectivity index (χ0v) is 12.1. The van der Waals surface area contributed by atoms with E-state index in [1.807, 2.05) is 0 Å². The number of rotatable bonds is 1. The smallest absolute Gasteiger partial charge is 0.352 e. The second-order valence-corrected chi connectivity index (χ2v) is 5.18. The molecule has 0 aliphatic heterocycles. The van der Waals surface area contributed by atoms with E-state index in [2.05, 4.69) is 0 Å². The SMILES string of the molecule is Cc1oc(C)c2c(=[OH+])cc(-c3ccc(O)c(O)c3)cc(O)c12. The fraction of sp³-hybridized carbons (Fsp3) is 0.118. The van der Waals surface area contributed by atoms with Crippen molar-refractivity contribution in [2.24, 2.45) is 0 Å². The van der Waals surface area contributed by atoms with Gasteiger partial charge >= 0.3 is 5.43 Å². The summed E-state index contributed by atoms with van der Waals surface area (Å²) in [7, 11) is 0. The Morgan fingerprint density at radius 1 is 0.773 bits per heavy atom. The molecular formula is C17H15O5+. The number of fused-ring (bicyclic) bond motifs is 1. The maximum atomic E-state index is 10.3. The lowest BCUT2D eigenvalue weighted by Crippen LogP contribution is -1.98. The first-order valence-electron chi connectivity index (χ1n) is 6.70. The van der Waals surface area contributed by atoms with Crippen LogP contribution in [0.3, 0.4) is 0 Å². The molecule has 0 amide bonds. The van der Waals surface area contributed by atoms with E-state index in [9.17, 15) is 20.1 Å². The lowest BCUT2D eigenvalue weighted by atomic mass is 10.1. The highest BCUT2D eigenvalue weighted by molar-refractivity contribution is 5.92. The molecule has 0 aliphatic rings. The number of hydrogen-bond donors (Lipinski definition) is 3. The monoisotopic (exact) mass is 299 g/mol. The Balaban J connectivity index is 2.38. The molecule has 5 heteroatoms. The molecule has 2 aromatic carbocycles. The second-order valence-electron chi connectivity index (χ2n) is 5.18. The number of hydrogen-bond acceptors (Lipinski definition) is 4. The average Bonchev–Trinajstić information content (AvgIpc) is 2.67. The van der Waals surface area contributed by atoms with E-state index in [0.29, 0.717) is 33.4 Å². The summed E-state index contributed by atoms with van der Waals surface area (Å²) < 4.78 is 5.46. The second kappa shape index (κ2) is 4.80. The molecule has 0 unspecified atom stereocenters. The molecule has 5 nitrogen and oxygen atoms in total. The minimum absolute atomic E-state index is 0.0350. The van der Waals surface area contributed by atoms with Crippen LogP contribution >= 0.6 is 0 Å². The summed E-state index contributed by atoms with van der Waals surface area (Å²) in [4.78, 5) is 10.3. The Morgan fingerprint density at radius 3 is 2.09 bits per heavy atom. The van der Waals surface area contributed by atoms with Gasteiger partial charge < -0.3 is 19.7 Å². The first-order chi connectivity index (χ1) is 10.4. The molecule has 22 heavy (non-hydrogen) atoms.